The molecule has 1 aromatic carbocycles. The van der Waals surface area contributed by atoms with Crippen LogP contribution in [0.1, 0.15) is 9.67 Å². The molecular formula is C11H7FO2S. The minimum absolute atomic E-state index is 0.108. The van der Waals surface area contributed by atoms with Gasteiger partial charge in [0.05, 0.1) is 4.88 Å². The maximum atomic E-state index is 13.4. The Bertz CT molecular complexity index is 505. The predicted molar refractivity (Wildman–Crippen MR) is 56.8 cm³/mol. The van der Waals surface area contributed by atoms with Gasteiger partial charge in [-0.2, -0.15) is 0 Å². The molecule has 0 bridgehead atoms. The molecule has 0 unspecified atom stereocenters. The van der Waals surface area contributed by atoms with E-state index in [9.17, 15) is 9.18 Å². The minimum Gasteiger partial charge on any atom is -0.508 e. The summed E-state index contributed by atoms with van der Waals surface area (Å²) in [4.78, 5) is 11.7. The number of phenolic OH excluding ortho intramolecular Hbond substituents is 1. The zero-order chi connectivity index (χ0) is 10.8. The monoisotopic (exact) mass is 222 g/mol. The fourth-order valence-corrected chi connectivity index (χ4v) is 2.11. The van der Waals surface area contributed by atoms with E-state index in [4.69, 9.17) is 5.11 Å². The van der Waals surface area contributed by atoms with Gasteiger partial charge >= 0.3 is 0 Å². The molecule has 2 rings (SSSR count). The minimum atomic E-state index is -0.491. The van der Waals surface area contributed by atoms with E-state index in [0.29, 0.717) is 15.3 Å². The van der Waals surface area contributed by atoms with Crippen molar-refractivity contribution >= 4 is 17.6 Å². The summed E-state index contributed by atoms with van der Waals surface area (Å²) in [6.07, 6.45) is 0.729. The molecule has 0 saturated heterocycles. The third kappa shape index (κ3) is 1.89. The van der Waals surface area contributed by atoms with Crippen LogP contribution in [0.4, 0.5) is 4.39 Å². The van der Waals surface area contributed by atoms with Gasteiger partial charge in [0.25, 0.3) is 0 Å². The van der Waals surface area contributed by atoms with Gasteiger partial charge in [0, 0.05) is 16.5 Å². The molecule has 1 aromatic heterocycles. The molecule has 0 spiro atoms. The lowest BCUT2D eigenvalue weighted by molar-refractivity contribution is 0.112. The molecule has 1 N–H and O–H groups in total. The average molecular weight is 222 g/mol. The summed E-state index contributed by atoms with van der Waals surface area (Å²) in [6.45, 7) is 0. The van der Waals surface area contributed by atoms with Crippen LogP contribution < -0.4 is 0 Å². The maximum absolute atomic E-state index is 13.4. The average Bonchev–Trinajstić information content (AvgIpc) is 2.66. The lowest BCUT2D eigenvalue weighted by Gasteiger charge is -1.99. The van der Waals surface area contributed by atoms with Gasteiger partial charge in [-0.1, -0.05) is 0 Å². The highest BCUT2D eigenvalue weighted by Gasteiger charge is 2.08. The van der Waals surface area contributed by atoms with Gasteiger partial charge in [-0.3, -0.25) is 4.79 Å². The number of aromatic hydroxyl groups is 1. The number of rotatable bonds is 2. The van der Waals surface area contributed by atoms with Gasteiger partial charge in [-0.25, -0.2) is 4.39 Å². The number of carbonyl (C=O) groups is 1. The molecule has 0 saturated carbocycles. The third-order valence-electron chi connectivity index (χ3n) is 1.96. The zero-order valence-electron chi connectivity index (χ0n) is 7.61. The van der Waals surface area contributed by atoms with Crippen LogP contribution >= 0.6 is 11.3 Å². The van der Waals surface area contributed by atoms with Gasteiger partial charge in [0.1, 0.15) is 11.6 Å². The first-order valence-corrected chi connectivity index (χ1v) is 5.06. The van der Waals surface area contributed by atoms with E-state index < -0.39 is 5.82 Å². The van der Waals surface area contributed by atoms with E-state index in [1.165, 1.54) is 23.5 Å². The molecule has 2 aromatic rings. The Morgan fingerprint density at radius 3 is 2.67 bits per heavy atom. The lowest BCUT2D eigenvalue weighted by atomic mass is 10.1. The summed E-state index contributed by atoms with van der Waals surface area (Å²) >= 11 is 1.22. The number of phenols is 1. The SMILES string of the molecule is O=Cc1ccc(-c2ccc(O)cc2F)s1. The van der Waals surface area contributed by atoms with Crippen LogP contribution in [0.2, 0.25) is 0 Å². The van der Waals surface area contributed by atoms with Crippen LogP contribution in [0.3, 0.4) is 0 Å². The second kappa shape index (κ2) is 3.82. The van der Waals surface area contributed by atoms with Crippen molar-refractivity contribution in [2.45, 2.75) is 0 Å². The van der Waals surface area contributed by atoms with Gasteiger partial charge < -0.3 is 5.11 Å². The first kappa shape index (κ1) is 9.86. The molecule has 0 aliphatic heterocycles. The topological polar surface area (TPSA) is 37.3 Å². The molecule has 1 heterocycles. The normalized spacial score (nSPS) is 10.2. The van der Waals surface area contributed by atoms with E-state index in [2.05, 4.69) is 0 Å². The van der Waals surface area contributed by atoms with Crippen molar-refractivity contribution in [1.82, 2.24) is 0 Å². The predicted octanol–water partition coefficient (Wildman–Crippen LogP) is 3.07. The molecule has 0 aliphatic carbocycles. The van der Waals surface area contributed by atoms with Crippen LogP contribution in [0, 0.1) is 5.82 Å². The largest absolute Gasteiger partial charge is 0.508 e. The Morgan fingerprint density at radius 2 is 2.07 bits per heavy atom. The number of hydrogen-bond donors (Lipinski definition) is 1. The van der Waals surface area contributed by atoms with Gasteiger partial charge in [-0.05, 0) is 24.3 Å². The van der Waals surface area contributed by atoms with Gasteiger partial charge in [0.2, 0.25) is 0 Å². The second-order valence-corrected chi connectivity index (χ2v) is 4.10. The first-order chi connectivity index (χ1) is 7.20. The van der Waals surface area contributed by atoms with E-state index >= 15 is 0 Å². The molecule has 0 radical (unpaired) electrons. The highest BCUT2D eigenvalue weighted by atomic mass is 32.1. The van der Waals surface area contributed by atoms with Gasteiger partial charge in [0.15, 0.2) is 6.29 Å². The quantitative estimate of drug-likeness (QED) is 0.793. The van der Waals surface area contributed by atoms with Crippen LogP contribution in [-0.2, 0) is 0 Å². The van der Waals surface area contributed by atoms with Crippen molar-refractivity contribution in [3.63, 3.8) is 0 Å². The van der Waals surface area contributed by atoms with Crippen molar-refractivity contribution in [2.24, 2.45) is 0 Å². The molecule has 2 nitrogen and oxygen atoms in total. The van der Waals surface area contributed by atoms with Crippen LogP contribution in [0.25, 0.3) is 10.4 Å². The lowest BCUT2D eigenvalue weighted by Crippen LogP contribution is -1.79. The zero-order valence-corrected chi connectivity index (χ0v) is 8.42. The second-order valence-electron chi connectivity index (χ2n) is 2.98. The number of aldehydes is 1. The van der Waals surface area contributed by atoms with E-state index in [1.54, 1.807) is 12.1 Å². The Hall–Kier alpha value is -1.68. The molecule has 0 amide bonds. The molecular weight excluding hydrogens is 215 g/mol. The Labute approximate surface area is 89.6 Å². The molecule has 15 heavy (non-hydrogen) atoms. The summed E-state index contributed by atoms with van der Waals surface area (Å²) < 4.78 is 13.4. The third-order valence-corrected chi connectivity index (χ3v) is 3.00. The Balaban J connectivity index is 2.49. The summed E-state index contributed by atoms with van der Waals surface area (Å²) in [6, 6.07) is 7.28. The molecule has 76 valence electrons. The van der Waals surface area contributed by atoms with Crippen molar-refractivity contribution in [2.75, 3.05) is 0 Å². The van der Waals surface area contributed by atoms with Gasteiger partial charge in [-0.15, -0.1) is 11.3 Å². The van der Waals surface area contributed by atoms with Crippen LogP contribution in [0.5, 0.6) is 5.75 Å². The van der Waals surface area contributed by atoms with Crippen molar-refractivity contribution in [3.8, 4) is 16.2 Å². The maximum Gasteiger partial charge on any atom is 0.160 e. The highest BCUT2D eigenvalue weighted by Crippen LogP contribution is 2.30. The first-order valence-electron chi connectivity index (χ1n) is 4.24. The number of benzene rings is 1. The number of carbonyl (C=O) groups excluding carboxylic acids is 1. The fourth-order valence-electron chi connectivity index (χ4n) is 1.26. The summed E-state index contributed by atoms with van der Waals surface area (Å²) in [5.41, 5.74) is 0.394. The number of hydrogen-bond acceptors (Lipinski definition) is 3. The van der Waals surface area contributed by atoms with E-state index in [-0.39, 0.29) is 5.75 Å². The highest BCUT2D eigenvalue weighted by molar-refractivity contribution is 7.17. The standard InChI is InChI=1S/C11H7FO2S/c12-10-5-7(14)1-3-9(10)11-4-2-8(6-13)15-11/h1-6,14H. The molecule has 0 atom stereocenters. The molecule has 0 fully saturated rings. The number of halogens is 1. The molecule has 0 aliphatic rings. The van der Waals surface area contributed by atoms with Crippen molar-refractivity contribution < 1.29 is 14.3 Å². The van der Waals surface area contributed by atoms with E-state index in [0.717, 1.165) is 12.4 Å². The summed E-state index contributed by atoms with van der Waals surface area (Å²) in [5, 5.41) is 9.04. The summed E-state index contributed by atoms with van der Waals surface area (Å²) in [5.74, 6) is -0.599. The Morgan fingerprint density at radius 1 is 1.27 bits per heavy atom. The van der Waals surface area contributed by atoms with Crippen molar-refractivity contribution in [3.05, 3.63) is 41.0 Å². The summed E-state index contributed by atoms with van der Waals surface area (Å²) in [7, 11) is 0. The smallest absolute Gasteiger partial charge is 0.160 e. The molecule has 4 heteroatoms. The van der Waals surface area contributed by atoms with E-state index in [1.807, 2.05) is 0 Å². The number of thiophene rings is 1. The fraction of sp³-hybridized carbons (Fsp3) is 0. The van der Waals surface area contributed by atoms with Crippen molar-refractivity contribution in [1.29, 1.82) is 0 Å². The Kier molecular flexibility index (Phi) is 2.51. The van der Waals surface area contributed by atoms with Crippen LogP contribution in [-0.4, -0.2) is 11.4 Å². The van der Waals surface area contributed by atoms with Crippen LogP contribution in [0.15, 0.2) is 30.3 Å².